The zero-order valence-corrected chi connectivity index (χ0v) is 16.9. The van der Waals surface area contributed by atoms with Crippen LogP contribution in [0.4, 0.5) is 8.78 Å². The van der Waals surface area contributed by atoms with Crippen LogP contribution in [0.25, 0.3) is 11.3 Å². The molecule has 0 saturated heterocycles. The predicted octanol–water partition coefficient (Wildman–Crippen LogP) is 3.70. The van der Waals surface area contributed by atoms with Gasteiger partial charge in [0.15, 0.2) is 6.10 Å². The van der Waals surface area contributed by atoms with Gasteiger partial charge in [-0.05, 0) is 36.8 Å². The van der Waals surface area contributed by atoms with E-state index in [0.29, 0.717) is 11.3 Å². The first-order valence-electron chi connectivity index (χ1n) is 9.64. The van der Waals surface area contributed by atoms with Crippen LogP contribution in [0.1, 0.15) is 29.7 Å². The highest BCUT2D eigenvalue weighted by Gasteiger charge is 2.29. The van der Waals surface area contributed by atoms with Crippen molar-refractivity contribution in [3.63, 3.8) is 0 Å². The molecule has 1 unspecified atom stereocenters. The maximum absolute atomic E-state index is 15.3. The minimum absolute atomic E-state index is 0.0641. The van der Waals surface area contributed by atoms with Crippen molar-refractivity contribution in [2.45, 2.75) is 19.6 Å². The number of carbonyl (C=O) groups excluding carboxylic acids is 1. The first-order chi connectivity index (χ1) is 14.9. The Morgan fingerprint density at radius 2 is 1.90 bits per heavy atom. The molecular formula is C23H22F2N4O2. The van der Waals surface area contributed by atoms with Gasteiger partial charge in [-0.15, -0.1) is 0 Å². The molecule has 0 saturated carbocycles. The van der Waals surface area contributed by atoms with E-state index in [0.717, 1.165) is 11.6 Å². The molecule has 1 atom stereocenters. The number of pyridine rings is 1. The summed E-state index contributed by atoms with van der Waals surface area (Å²) in [5, 5.41) is 10.1. The Morgan fingerprint density at radius 3 is 2.52 bits per heavy atom. The van der Waals surface area contributed by atoms with Gasteiger partial charge in [0.1, 0.15) is 17.5 Å². The molecule has 160 valence electrons. The number of aromatic nitrogens is 1. The quantitative estimate of drug-likeness (QED) is 0.379. The van der Waals surface area contributed by atoms with Crippen molar-refractivity contribution in [2.75, 3.05) is 6.61 Å². The predicted molar refractivity (Wildman–Crippen MR) is 113 cm³/mol. The first kappa shape index (κ1) is 22.0. The number of benzene rings is 2. The lowest BCUT2D eigenvalue weighted by Crippen LogP contribution is -2.32. The Bertz CT molecular complexity index is 1070. The molecular weight excluding hydrogens is 402 g/mol. The normalized spacial score (nSPS) is 11.7. The third-order valence-electron chi connectivity index (χ3n) is 4.63. The maximum atomic E-state index is 15.3. The largest absolute Gasteiger partial charge is 0.384 e. The lowest BCUT2D eigenvalue weighted by molar-refractivity contribution is -0.133. The topological polar surface area (TPSA) is 101 Å². The molecule has 1 amide bonds. The van der Waals surface area contributed by atoms with Crippen LogP contribution in [-0.2, 0) is 16.1 Å². The van der Waals surface area contributed by atoms with E-state index in [1.807, 2.05) is 0 Å². The summed E-state index contributed by atoms with van der Waals surface area (Å²) in [6.45, 7) is 1.83. The van der Waals surface area contributed by atoms with Gasteiger partial charge >= 0.3 is 0 Å². The Labute approximate surface area is 178 Å². The summed E-state index contributed by atoms with van der Waals surface area (Å²) >= 11 is 0. The fraction of sp³-hybridized carbons (Fsp3) is 0.174. The van der Waals surface area contributed by atoms with Crippen molar-refractivity contribution in [1.82, 2.24) is 10.3 Å². The molecule has 0 radical (unpaired) electrons. The minimum Gasteiger partial charge on any atom is -0.384 e. The SMILES string of the molecule is CCOC(C(=O)NCc1ccc(C(=N)N)cc1)c1c(F)ccc(-c2ccccn2)c1F. The van der Waals surface area contributed by atoms with E-state index in [9.17, 15) is 9.18 Å². The minimum atomic E-state index is -1.47. The Hall–Kier alpha value is -3.65. The van der Waals surface area contributed by atoms with Gasteiger partial charge in [0.05, 0.1) is 11.3 Å². The van der Waals surface area contributed by atoms with Gasteiger partial charge in [-0.25, -0.2) is 8.78 Å². The molecule has 0 bridgehead atoms. The summed E-state index contributed by atoms with van der Waals surface area (Å²) in [5.74, 6) is -2.51. The molecule has 6 nitrogen and oxygen atoms in total. The second-order valence-electron chi connectivity index (χ2n) is 6.70. The van der Waals surface area contributed by atoms with Crippen molar-refractivity contribution in [2.24, 2.45) is 5.73 Å². The zero-order valence-electron chi connectivity index (χ0n) is 16.9. The number of hydrogen-bond donors (Lipinski definition) is 3. The number of amidine groups is 1. The van der Waals surface area contributed by atoms with E-state index in [1.165, 1.54) is 12.3 Å². The standard InChI is InChI=1S/C23H22F2N4O2/c1-2-31-21(23(30)29-13-14-6-8-15(9-7-14)22(26)27)19-17(24)11-10-16(20(19)25)18-5-3-4-12-28-18/h3-12,21H,2,13H2,1H3,(H3,26,27)(H,29,30). The molecule has 4 N–H and O–H groups in total. The number of carbonyl (C=O) groups is 1. The van der Waals surface area contributed by atoms with E-state index < -0.39 is 29.2 Å². The number of halogens is 2. The van der Waals surface area contributed by atoms with Crippen LogP contribution < -0.4 is 11.1 Å². The van der Waals surface area contributed by atoms with Crippen LogP contribution in [0, 0.1) is 17.0 Å². The van der Waals surface area contributed by atoms with Crippen molar-refractivity contribution in [3.8, 4) is 11.3 Å². The smallest absolute Gasteiger partial charge is 0.254 e. The summed E-state index contributed by atoms with van der Waals surface area (Å²) in [5.41, 5.74) is 6.65. The fourth-order valence-corrected chi connectivity index (χ4v) is 3.07. The first-order valence-corrected chi connectivity index (χ1v) is 9.64. The van der Waals surface area contributed by atoms with Crippen LogP contribution in [0.5, 0.6) is 0 Å². The second-order valence-corrected chi connectivity index (χ2v) is 6.70. The fourth-order valence-electron chi connectivity index (χ4n) is 3.07. The van der Waals surface area contributed by atoms with Crippen molar-refractivity contribution in [3.05, 3.63) is 89.1 Å². The Kier molecular flexibility index (Phi) is 7.04. The van der Waals surface area contributed by atoms with Crippen LogP contribution in [0.2, 0.25) is 0 Å². The summed E-state index contributed by atoms with van der Waals surface area (Å²) in [4.78, 5) is 16.9. The third-order valence-corrected chi connectivity index (χ3v) is 4.63. The van der Waals surface area contributed by atoms with Gasteiger partial charge in [-0.3, -0.25) is 15.2 Å². The average Bonchev–Trinajstić information content (AvgIpc) is 2.77. The van der Waals surface area contributed by atoms with Gasteiger partial charge in [-0.2, -0.15) is 0 Å². The van der Waals surface area contributed by atoms with Gasteiger partial charge in [0.2, 0.25) is 0 Å². The summed E-state index contributed by atoms with van der Waals surface area (Å²) < 4.78 is 35.3. The number of amides is 1. The highest BCUT2D eigenvalue weighted by molar-refractivity contribution is 5.94. The van der Waals surface area contributed by atoms with Gasteiger partial charge < -0.3 is 15.8 Å². The van der Waals surface area contributed by atoms with Gasteiger partial charge in [-0.1, -0.05) is 30.3 Å². The number of nitrogens with zero attached hydrogens (tertiary/aromatic N) is 1. The molecule has 0 aliphatic carbocycles. The van der Waals surface area contributed by atoms with E-state index >= 15 is 4.39 Å². The van der Waals surface area contributed by atoms with Crippen LogP contribution >= 0.6 is 0 Å². The number of nitrogens with two attached hydrogens (primary N) is 1. The van der Waals surface area contributed by atoms with Gasteiger partial charge in [0, 0.05) is 30.5 Å². The zero-order chi connectivity index (χ0) is 22.4. The van der Waals surface area contributed by atoms with Crippen LogP contribution in [0.15, 0.2) is 60.8 Å². The molecule has 1 heterocycles. The number of nitrogens with one attached hydrogen (secondary N) is 2. The molecule has 0 aliphatic rings. The molecule has 0 fully saturated rings. The number of nitrogen functional groups attached to an aromatic ring is 1. The number of hydrogen-bond acceptors (Lipinski definition) is 4. The van der Waals surface area contributed by atoms with E-state index in [4.69, 9.17) is 15.9 Å². The van der Waals surface area contributed by atoms with Crippen molar-refractivity contribution in [1.29, 1.82) is 5.41 Å². The van der Waals surface area contributed by atoms with Gasteiger partial charge in [0.25, 0.3) is 5.91 Å². The van der Waals surface area contributed by atoms with Crippen LogP contribution in [-0.4, -0.2) is 23.3 Å². The third kappa shape index (κ3) is 5.10. The van der Waals surface area contributed by atoms with E-state index in [-0.39, 0.29) is 24.6 Å². The Balaban J connectivity index is 1.85. The second kappa shape index (κ2) is 9.90. The number of ether oxygens (including phenoxy) is 1. The highest BCUT2D eigenvalue weighted by Crippen LogP contribution is 2.31. The Morgan fingerprint density at radius 1 is 1.16 bits per heavy atom. The summed E-state index contributed by atoms with van der Waals surface area (Å²) in [6.07, 6.45) is 0.0345. The highest BCUT2D eigenvalue weighted by atomic mass is 19.1. The number of rotatable bonds is 8. The molecule has 0 spiro atoms. The summed E-state index contributed by atoms with van der Waals surface area (Å²) in [6, 6.07) is 14.1. The average molecular weight is 424 g/mol. The molecule has 1 aromatic heterocycles. The molecule has 0 aliphatic heterocycles. The lowest BCUT2D eigenvalue weighted by Gasteiger charge is -2.20. The van der Waals surface area contributed by atoms with Crippen molar-refractivity contribution < 1.29 is 18.3 Å². The van der Waals surface area contributed by atoms with Crippen molar-refractivity contribution >= 4 is 11.7 Å². The molecule has 8 heteroatoms. The molecule has 3 aromatic rings. The monoisotopic (exact) mass is 424 g/mol. The van der Waals surface area contributed by atoms with E-state index in [1.54, 1.807) is 49.4 Å². The lowest BCUT2D eigenvalue weighted by atomic mass is 10.0. The molecule has 31 heavy (non-hydrogen) atoms. The molecule has 2 aromatic carbocycles. The van der Waals surface area contributed by atoms with Crippen LogP contribution in [0.3, 0.4) is 0 Å². The summed E-state index contributed by atoms with van der Waals surface area (Å²) in [7, 11) is 0. The maximum Gasteiger partial charge on any atom is 0.254 e. The van der Waals surface area contributed by atoms with E-state index in [2.05, 4.69) is 10.3 Å². The molecule has 3 rings (SSSR count).